The first-order chi connectivity index (χ1) is 11.7. The Morgan fingerprint density at radius 2 is 2.04 bits per heavy atom. The van der Waals surface area contributed by atoms with Gasteiger partial charge < -0.3 is 10.6 Å². The Labute approximate surface area is 176 Å². The summed E-state index contributed by atoms with van der Waals surface area (Å²) in [5.74, 6) is 1.65. The van der Waals surface area contributed by atoms with Gasteiger partial charge in [-0.05, 0) is 44.7 Å². The summed E-state index contributed by atoms with van der Waals surface area (Å²) < 4.78 is 12.1. The third-order valence-corrected chi connectivity index (χ3v) is 7.38. The zero-order valence-electron chi connectivity index (χ0n) is 15.5. The zero-order chi connectivity index (χ0) is 17.4. The zero-order valence-corrected chi connectivity index (χ0v) is 19.5. The van der Waals surface area contributed by atoms with Gasteiger partial charge in [0.25, 0.3) is 0 Å². The molecule has 1 aromatic rings. The maximum Gasteiger partial charge on any atom is 0.191 e. The number of thiophene rings is 1. The minimum atomic E-state index is -0.683. The van der Waals surface area contributed by atoms with Gasteiger partial charge in [-0.3, -0.25) is 4.21 Å². The van der Waals surface area contributed by atoms with E-state index in [1.54, 1.807) is 0 Å². The van der Waals surface area contributed by atoms with Crippen molar-refractivity contribution in [2.45, 2.75) is 70.7 Å². The van der Waals surface area contributed by atoms with Crippen molar-refractivity contribution in [2.24, 2.45) is 4.99 Å². The van der Waals surface area contributed by atoms with E-state index in [9.17, 15) is 4.21 Å². The maximum absolute atomic E-state index is 12.1. The third-order valence-electron chi connectivity index (χ3n) is 4.43. The highest BCUT2D eigenvalue weighted by molar-refractivity contribution is 14.0. The molecule has 1 fully saturated rings. The lowest BCUT2D eigenvalue weighted by atomic mass is 9.95. The van der Waals surface area contributed by atoms with Gasteiger partial charge in [-0.25, -0.2) is 4.99 Å². The van der Waals surface area contributed by atoms with E-state index >= 15 is 0 Å². The smallest absolute Gasteiger partial charge is 0.191 e. The van der Waals surface area contributed by atoms with Gasteiger partial charge in [0.05, 0.1) is 6.54 Å². The van der Waals surface area contributed by atoms with Gasteiger partial charge in [-0.1, -0.05) is 20.3 Å². The number of rotatable bonds is 7. The van der Waals surface area contributed by atoms with Crippen LogP contribution >= 0.6 is 35.3 Å². The summed E-state index contributed by atoms with van der Waals surface area (Å²) in [7, 11) is -0.683. The molecule has 2 rings (SSSR count). The molecule has 0 amide bonds. The van der Waals surface area contributed by atoms with E-state index in [2.05, 4.69) is 36.6 Å². The van der Waals surface area contributed by atoms with Gasteiger partial charge in [0, 0.05) is 44.1 Å². The molecule has 1 aliphatic rings. The number of nitrogens with one attached hydrogen (secondary N) is 2. The summed E-state index contributed by atoms with van der Waals surface area (Å²) >= 11 is 1.84. The summed E-state index contributed by atoms with van der Waals surface area (Å²) in [6.45, 7) is 7.87. The molecule has 3 atom stereocenters. The van der Waals surface area contributed by atoms with E-state index in [-0.39, 0.29) is 24.0 Å². The molecule has 0 spiro atoms. The first-order valence-corrected chi connectivity index (χ1v) is 11.4. The van der Waals surface area contributed by atoms with Gasteiger partial charge in [0.15, 0.2) is 5.96 Å². The average molecular weight is 498 g/mol. The molecule has 0 radical (unpaired) electrons. The molecule has 144 valence electrons. The molecule has 0 saturated heterocycles. The highest BCUT2D eigenvalue weighted by Gasteiger charge is 2.26. The molecule has 3 unspecified atom stereocenters. The highest BCUT2D eigenvalue weighted by Crippen LogP contribution is 2.23. The molecule has 0 bridgehead atoms. The molecule has 25 heavy (non-hydrogen) atoms. The SMILES string of the molecule is CCNC(=NCc1ccc(CC)s1)NC1CCCC(S(=O)CC)C1.I. The fourth-order valence-electron chi connectivity index (χ4n) is 3.12. The Morgan fingerprint density at radius 3 is 2.68 bits per heavy atom. The summed E-state index contributed by atoms with van der Waals surface area (Å²) in [5, 5.41) is 7.25. The average Bonchev–Trinajstić information content (AvgIpc) is 3.07. The predicted molar refractivity (Wildman–Crippen MR) is 122 cm³/mol. The van der Waals surface area contributed by atoms with Crippen molar-refractivity contribution in [1.29, 1.82) is 0 Å². The topological polar surface area (TPSA) is 53.5 Å². The number of nitrogens with zero attached hydrogens (tertiary/aromatic N) is 1. The quantitative estimate of drug-likeness (QED) is 0.340. The van der Waals surface area contributed by atoms with Crippen molar-refractivity contribution < 1.29 is 4.21 Å². The molecule has 2 N–H and O–H groups in total. The molecule has 0 aliphatic heterocycles. The second-order valence-electron chi connectivity index (χ2n) is 6.22. The van der Waals surface area contributed by atoms with Crippen molar-refractivity contribution in [1.82, 2.24) is 10.6 Å². The van der Waals surface area contributed by atoms with E-state index < -0.39 is 10.8 Å². The van der Waals surface area contributed by atoms with E-state index in [0.717, 1.165) is 56.9 Å². The van der Waals surface area contributed by atoms with E-state index in [4.69, 9.17) is 4.99 Å². The van der Waals surface area contributed by atoms with Crippen molar-refractivity contribution in [3.05, 3.63) is 21.9 Å². The van der Waals surface area contributed by atoms with Crippen LogP contribution in [0.1, 0.15) is 56.2 Å². The Morgan fingerprint density at radius 1 is 1.28 bits per heavy atom. The number of guanidine groups is 1. The van der Waals surface area contributed by atoms with Gasteiger partial charge >= 0.3 is 0 Å². The van der Waals surface area contributed by atoms with Gasteiger partial charge in [0.1, 0.15) is 0 Å². The van der Waals surface area contributed by atoms with Gasteiger partial charge in [-0.2, -0.15) is 0 Å². The Hall–Kier alpha value is -0.150. The highest BCUT2D eigenvalue weighted by atomic mass is 127. The molecule has 1 heterocycles. The van der Waals surface area contributed by atoms with E-state index in [1.165, 1.54) is 9.75 Å². The number of halogens is 1. The molecule has 0 aromatic carbocycles. The second kappa shape index (κ2) is 12.3. The Bertz CT molecular complexity index is 562. The molecule has 1 aliphatic carbocycles. The summed E-state index contributed by atoms with van der Waals surface area (Å²) in [5.41, 5.74) is 0. The van der Waals surface area contributed by atoms with Crippen LogP contribution < -0.4 is 10.6 Å². The Balaban J connectivity index is 0.00000312. The maximum atomic E-state index is 12.1. The molecular formula is C18H32IN3OS2. The van der Waals surface area contributed by atoms with Crippen LogP contribution in [-0.2, 0) is 23.8 Å². The van der Waals surface area contributed by atoms with Crippen LogP contribution in [0.4, 0.5) is 0 Å². The molecular weight excluding hydrogens is 465 g/mol. The first-order valence-electron chi connectivity index (χ1n) is 9.15. The van der Waals surface area contributed by atoms with Crippen molar-refractivity contribution >= 4 is 52.1 Å². The number of hydrogen-bond donors (Lipinski definition) is 2. The monoisotopic (exact) mass is 497 g/mol. The number of aliphatic imine (C=N–C) groups is 1. The van der Waals surface area contributed by atoms with Crippen LogP contribution in [0.5, 0.6) is 0 Å². The first kappa shape index (κ1) is 22.9. The predicted octanol–water partition coefficient (Wildman–Crippen LogP) is 4.06. The van der Waals surface area contributed by atoms with Crippen molar-refractivity contribution in [3.8, 4) is 0 Å². The molecule has 4 nitrogen and oxygen atoms in total. The van der Waals surface area contributed by atoms with E-state index in [0.29, 0.717) is 11.3 Å². The minimum Gasteiger partial charge on any atom is -0.357 e. The summed E-state index contributed by atoms with van der Waals surface area (Å²) in [6, 6.07) is 4.76. The summed E-state index contributed by atoms with van der Waals surface area (Å²) in [6.07, 6.45) is 5.47. The molecule has 1 saturated carbocycles. The van der Waals surface area contributed by atoms with Crippen LogP contribution in [0.3, 0.4) is 0 Å². The van der Waals surface area contributed by atoms with E-state index in [1.807, 2.05) is 18.3 Å². The lowest BCUT2D eigenvalue weighted by molar-refractivity contribution is 0.413. The van der Waals surface area contributed by atoms with Crippen LogP contribution in [0.25, 0.3) is 0 Å². The van der Waals surface area contributed by atoms with Gasteiger partial charge in [0.2, 0.25) is 0 Å². The summed E-state index contributed by atoms with van der Waals surface area (Å²) in [4.78, 5) is 7.46. The fourth-order valence-corrected chi connectivity index (χ4v) is 5.35. The number of hydrogen-bond acceptors (Lipinski definition) is 3. The lowest BCUT2D eigenvalue weighted by Gasteiger charge is -2.30. The normalized spacial score (nSPS) is 22.1. The second-order valence-corrected chi connectivity index (χ2v) is 9.47. The fraction of sp³-hybridized carbons (Fsp3) is 0.722. The van der Waals surface area contributed by atoms with Crippen molar-refractivity contribution in [3.63, 3.8) is 0 Å². The Kier molecular flexibility index (Phi) is 11.2. The third kappa shape index (κ3) is 7.54. The van der Waals surface area contributed by atoms with Crippen molar-refractivity contribution in [2.75, 3.05) is 12.3 Å². The van der Waals surface area contributed by atoms with Crippen LogP contribution in [0.2, 0.25) is 0 Å². The van der Waals surface area contributed by atoms with Crippen LogP contribution in [0.15, 0.2) is 17.1 Å². The number of aryl methyl sites for hydroxylation is 1. The standard InChI is InChI=1S/C18H31N3OS2.HI/c1-4-15-10-11-16(23-15)13-20-18(19-5-2)21-14-8-7-9-17(12-14)24(22)6-3;/h10-11,14,17H,4-9,12-13H2,1-3H3,(H2,19,20,21);1H. The lowest BCUT2D eigenvalue weighted by Crippen LogP contribution is -2.46. The largest absolute Gasteiger partial charge is 0.357 e. The van der Waals surface area contributed by atoms with Crippen LogP contribution in [0, 0.1) is 0 Å². The minimum absolute atomic E-state index is 0. The molecule has 7 heteroatoms. The van der Waals surface area contributed by atoms with Crippen LogP contribution in [-0.4, -0.2) is 33.8 Å². The molecule has 1 aromatic heterocycles. The van der Waals surface area contributed by atoms with Gasteiger partial charge in [-0.15, -0.1) is 35.3 Å².